The molecule has 0 aliphatic heterocycles. The van der Waals surface area contributed by atoms with Crippen LogP contribution in [-0.4, -0.2) is 70.1 Å². The first kappa shape index (κ1) is 39.8. The highest BCUT2D eigenvalue weighted by atomic mass is 28.4. The molecule has 1 N–H and O–H groups in total. The van der Waals surface area contributed by atoms with Crippen molar-refractivity contribution in [1.82, 2.24) is 0 Å². The van der Waals surface area contributed by atoms with Crippen molar-refractivity contribution in [2.45, 2.75) is 91.0 Å². The third kappa shape index (κ3) is 12.3. The summed E-state index contributed by atoms with van der Waals surface area (Å²) in [7, 11) is 1.24. The molecule has 0 amide bonds. The molecule has 47 heavy (non-hydrogen) atoms. The van der Waals surface area contributed by atoms with Crippen molar-refractivity contribution in [3.63, 3.8) is 0 Å². The average Bonchev–Trinajstić information content (AvgIpc) is 3.02. The molecule has 0 bridgehead atoms. The van der Waals surface area contributed by atoms with Gasteiger partial charge in [0.25, 0.3) is 5.69 Å². The van der Waals surface area contributed by atoms with E-state index in [9.17, 15) is 20.0 Å². The lowest BCUT2D eigenvalue weighted by Gasteiger charge is -2.36. The SMILES string of the molecule is COc1ccc(COC/C=C(\C)[C@H](OC)[C@@H](C)[C@H](C[C@H](O)/C(C)=C/CO[Si](C)(C)C(C)(C)C)OC(=O)c2ccc([N+](=O)[O-])cc2)cc1. The lowest BCUT2D eigenvalue weighted by Crippen LogP contribution is -2.40. The first-order valence-corrected chi connectivity index (χ1v) is 18.8. The van der Waals surface area contributed by atoms with Crippen molar-refractivity contribution in [2.75, 3.05) is 27.4 Å². The molecular formula is C36H53NO9Si. The Kier molecular flexibility index (Phi) is 15.5. The molecule has 10 nitrogen and oxygen atoms in total. The predicted molar refractivity (Wildman–Crippen MR) is 186 cm³/mol. The molecular weight excluding hydrogens is 618 g/mol. The number of rotatable bonds is 18. The molecule has 0 fully saturated rings. The van der Waals surface area contributed by atoms with Gasteiger partial charge in [0.15, 0.2) is 8.32 Å². The van der Waals surface area contributed by atoms with E-state index in [1.54, 1.807) is 14.2 Å². The molecule has 0 aliphatic carbocycles. The zero-order chi connectivity index (χ0) is 35.4. The molecule has 2 aromatic carbocycles. The van der Waals surface area contributed by atoms with Gasteiger partial charge in [-0.2, -0.15) is 0 Å². The van der Waals surface area contributed by atoms with Gasteiger partial charge in [0.1, 0.15) is 11.9 Å². The zero-order valence-corrected chi connectivity index (χ0v) is 30.6. The Labute approximate surface area is 281 Å². The number of benzene rings is 2. The number of carbonyl (C=O) groups is 1. The second-order valence-electron chi connectivity index (χ2n) is 13.3. The molecule has 0 aromatic heterocycles. The number of hydrogen-bond acceptors (Lipinski definition) is 9. The molecule has 2 rings (SSSR count). The Morgan fingerprint density at radius 1 is 0.979 bits per heavy atom. The van der Waals surface area contributed by atoms with Crippen LogP contribution in [0.1, 0.15) is 63.9 Å². The molecule has 4 atom stereocenters. The monoisotopic (exact) mass is 671 g/mol. The highest BCUT2D eigenvalue weighted by molar-refractivity contribution is 6.74. The lowest BCUT2D eigenvalue weighted by molar-refractivity contribution is -0.384. The Balaban J connectivity index is 2.21. The van der Waals surface area contributed by atoms with Crippen LogP contribution in [0.2, 0.25) is 18.1 Å². The van der Waals surface area contributed by atoms with Crippen LogP contribution in [0.4, 0.5) is 5.69 Å². The molecule has 0 heterocycles. The van der Waals surface area contributed by atoms with Gasteiger partial charge in [-0.3, -0.25) is 10.1 Å². The highest BCUT2D eigenvalue weighted by Crippen LogP contribution is 2.36. The van der Waals surface area contributed by atoms with Crippen LogP contribution < -0.4 is 4.74 Å². The van der Waals surface area contributed by atoms with E-state index >= 15 is 0 Å². The van der Waals surface area contributed by atoms with Crippen LogP contribution in [0.3, 0.4) is 0 Å². The van der Waals surface area contributed by atoms with Crippen molar-refractivity contribution in [2.24, 2.45) is 5.92 Å². The van der Waals surface area contributed by atoms with Crippen LogP contribution >= 0.6 is 0 Å². The Bertz CT molecular complexity index is 1350. The van der Waals surface area contributed by atoms with E-state index in [1.807, 2.05) is 57.2 Å². The molecule has 0 aliphatic rings. The van der Waals surface area contributed by atoms with Crippen molar-refractivity contribution in [3.8, 4) is 5.75 Å². The zero-order valence-electron chi connectivity index (χ0n) is 29.6. The fourth-order valence-electron chi connectivity index (χ4n) is 4.65. The Hall–Kier alpha value is -3.35. The van der Waals surface area contributed by atoms with Crippen LogP contribution in [0.5, 0.6) is 5.75 Å². The van der Waals surface area contributed by atoms with Crippen molar-refractivity contribution in [1.29, 1.82) is 0 Å². The van der Waals surface area contributed by atoms with Crippen molar-refractivity contribution < 1.29 is 38.2 Å². The van der Waals surface area contributed by atoms with Gasteiger partial charge in [-0.25, -0.2) is 4.79 Å². The van der Waals surface area contributed by atoms with E-state index in [4.69, 9.17) is 23.4 Å². The molecule has 260 valence electrons. The highest BCUT2D eigenvalue weighted by Gasteiger charge is 2.37. The quantitative estimate of drug-likeness (QED) is 0.0424. The smallest absolute Gasteiger partial charge is 0.338 e. The summed E-state index contributed by atoms with van der Waals surface area (Å²) >= 11 is 0. The number of nitrogens with zero attached hydrogens (tertiary/aromatic N) is 1. The molecule has 0 radical (unpaired) electrons. The summed E-state index contributed by atoms with van der Waals surface area (Å²) in [5.74, 6) is -0.238. The fourth-order valence-corrected chi connectivity index (χ4v) is 5.58. The Morgan fingerprint density at radius 3 is 2.11 bits per heavy atom. The predicted octanol–water partition coefficient (Wildman–Crippen LogP) is 7.66. The molecule has 11 heteroatoms. The van der Waals surface area contributed by atoms with Gasteiger partial charge < -0.3 is 28.5 Å². The minimum absolute atomic E-state index is 0.0568. The molecule has 2 aromatic rings. The Morgan fingerprint density at radius 2 is 1.57 bits per heavy atom. The third-order valence-electron chi connectivity index (χ3n) is 8.93. The lowest BCUT2D eigenvalue weighted by atomic mass is 9.88. The van der Waals surface area contributed by atoms with Crippen LogP contribution in [-0.2, 0) is 25.2 Å². The van der Waals surface area contributed by atoms with Crippen molar-refractivity contribution >= 4 is 20.0 Å². The summed E-state index contributed by atoms with van der Waals surface area (Å²) in [4.78, 5) is 23.8. The third-order valence-corrected chi connectivity index (χ3v) is 13.4. The number of ether oxygens (including phenoxy) is 4. The van der Waals surface area contributed by atoms with Gasteiger partial charge in [0.2, 0.25) is 0 Å². The van der Waals surface area contributed by atoms with Gasteiger partial charge in [-0.15, -0.1) is 0 Å². The molecule has 0 unspecified atom stereocenters. The van der Waals surface area contributed by atoms with Gasteiger partial charge in [0, 0.05) is 31.6 Å². The van der Waals surface area contributed by atoms with Crippen LogP contribution in [0, 0.1) is 16.0 Å². The number of nitro groups is 1. The number of aliphatic hydroxyl groups excluding tert-OH is 1. The minimum Gasteiger partial charge on any atom is -0.497 e. The molecule has 0 saturated carbocycles. The van der Waals surface area contributed by atoms with E-state index in [0.717, 1.165) is 16.9 Å². The van der Waals surface area contributed by atoms with Gasteiger partial charge in [-0.05, 0) is 73.0 Å². The largest absolute Gasteiger partial charge is 0.497 e. The maximum absolute atomic E-state index is 13.2. The van der Waals surface area contributed by atoms with E-state index < -0.39 is 37.5 Å². The summed E-state index contributed by atoms with van der Waals surface area (Å²) in [6.07, 6.45) is 1.81. The van der Waals surface area contributed by atoms with Gasteiger partial charge >= 0.3 is 5.97 Å². The fraction of sp³-hybridized carbons (Fsp3) is 0.528. The van der Waals surface area contributed by atoms with Gasteiger partial charge in [0.05, 0.1) is 49.6 Å². The summed E-state index contributed by atoms with van der Waals surface area (Å²) in [5.41, 5.74) is 2.65. The van der Waals surface area contributed by atoms with Crippen molar-refractivity contribution in [3.05, 3.63) is 93.1 Å². The number of carbonyl (C=O) groups excluding carboxylic acids is 1. The maximum Gasteiger partial charge on any atom is 0.338 e. The second-order valence-corrected chi connectivity index (χ2v) is 18.2. The summed E-state index contributed by atoms with van der Waals surface area (Å²) in [6.45, 7) is 17.7. The maximum atomic E-state index is 13.2. The number of methoxy groups -OCH3 is 2. The van der Waals surface area contributed by atoms with Gasteiger partial charge in [-0.1, -0.05) is 52.0 Å². The first-order chi connectivity index (χ1) is 22.0. The van der Waals surface area contributed by atoms with E-state index in [2.05, 4.69) is 33.9 Å². The summed E-state index contributed by atoms with van der Waals surface area (Å²) in [5, 5.41) is 22.4. The number of hydrogen-bond donors (Lipinski definition) is 1. The van der Waals surface area contributed by atoms with Crippen LogP contribution in [0.25, 0.3) is 0 Å². The molecule has 0 saturated heterocycles. The number of non-ortho nitro benzene ring substituents is 1. The number of esters is 1. The summed E-state index contributed by atoms with van der Waals surface area (Å²) in [6, 6.07) is 12.9. The average molecular weight is 672 g/mol. The van der Waals surface area contributed by atoms with E-state index in [1.165, 1.54) is 24.3 Å². The van der Waals surface area contributed by atoms with E-state index in [-0.39, 0.29) is 28.6 Å². The number of aliphatic hydroxyl groups is 1. The minimum atomic E-state index is -1.97. The topological polar surface area (TPSA) is 127 Å². The van der Waals surface area contributed by atoms with E-state index in [0.29, 0.717) is 25.4 Å². The van der Waals surface area contributed by atoms with Crippen LogP contribution in [0.15, 0.2) is 71.8 Å². The second kappa shape index (κ2) is 18.3. The normalized spacial score (nSPS) is 15.5. The number of nitro benzene ring substituents is 1. The molecule has 0 spiro atoms. The summed E-state index contributed by atoms with van der Waals surface area (Å²) < 4.78 is 29.2. The first-order valence-electron chi connectivity index (χ1n) is 15.8. The standard InChI is InChI=1S/C36H53NO9Si/c1-25(20-22-45-47(9,10)36(4,5)6)32(38)23-33(46-35(39)29-13-15-30(16-14-29)37(40)41)27(3)34(43-8)26(2)19-21-44-24-28-11-17-31(42-7)18-12-28/h11-20,27,32-34,38H,21-24H2,1-10H3/b25-20+,26-19+/t27-,32-,33-,34-/m0/s1.